The molecule has 0 spiro atoms. The maximum atomic E-state index is 12.1. The van der Waals surface area contributed by atoms with Crippen molar-refractivity contribution in [3.63, 3.8) is 0 Å². The molecule has 0 bridgehead atoms. The van der Waals surface area contributed by atoms with E-state index in [9.17, 15) is 9.59 Å². The molecule has 0 atom stereocenters. The molecule has 9 heteroatoms. The van der Waals surface area contributed by atoms with Crippen molar-refractivity contribution in [2.24, 2.45) is 0 Å². The van der Waals surface area contributed by atoms with Crippen molar-refractivity contribution in [1.82, 2.24) is 19.9 Å². The minimum atomic E-state index is -0.592. The Morgan fingerprint density at radius 3 is 2.71 bits per heavy atom. The van der Waals surface area contributed by atoms with Crippen molar-refractivity contribution >= 4 is 17.5 Å². The number of esters is 1. The number of benzene rings is 1. The highest BCUT2D eigenvalue weighted by molar-refractivity contribution is 5.91. The molecule has 9 nitrogen and oxygen atoms in total. The largest absolute Gasteiger partial charge is 0.493 e. The number of rotatable bonds is 8. The Hall–Kier alpha value is -3.62. The van der Waals surface area contributed by atoms with Gasteiger partial charge < -0.3 is 19.5 Å². The number of carbonyl (C=O) groups is 2. The van der Waals surface area contributed by atoms with E-state index in [0.717, 1.165) is 5.56 Å². The molecule has 0 aliphatic carbocycles. The van der Waals surface area contributed by atoms with Crippen LogP contribution in [-0.4, -0.2) is 53.8 Å². The molecule has 1 amide bonds. The molecule has 3 aromatic rings. The van der Waals surface area contributed by atoms with Gasteiger partial charge in [-0.3, -0.25) is 9.20 Å². The summed E-state index contributed by atoms with van der Waals surface area (Å²) in [5, 5.41) is 10.3. The maximum absolute atomic E-state index is 12.1. The van der Waals surface area contributed by atoms with Crippen molar-refractivity contribution in [3.8, 4) is 11.5 Å². The first-order chi connectivity index (χ1) is 13.6. The van der Waals surface area contributed by atoms with Gasteiger partial charge in [-0.25, -0.2) is 4.79 Å². The van der Waals surface area contributed by atoms with Gasteiger partial charge >= 0.3 is 5.97 Å². The van der Waals surface area contributed by atoms with Gasteiger partial charge in [0.2, 0.25) is 0 Å². The smallest absolute Gasteiger partial charge is 0.340 e. The van der Waals surface area contributed by atoms with Crippen molar-refractivity contribution in [1.29, 1.82) is 0 Å². The van der Waals surface area contributed by atoms with Gasteiger partial charge in [-0.05, 0) is 36.2 Å². The number of nitrogens with zero attached hydrogens (tertiary/aromatic N) is 3. The number of carbonyl (C=O) groups excluding carboxylic acids is 2. The third kappa shape index (κ3) is 4.56. The van der Waals surface area contributed by atoms with Gasteiger partial charge in [0.25, 0.3) is 5.91 Å². The summed E-state index contributed by atoms with van der Waals surface area (Å²) in [6.45, 7) is 0.0452. The average Bonchev–Trinajstić information content (AvgIpc) is 3.19. The second-order valence-electron chi connectivity index (χ2n) is 5.88. The molecule has 0 fully saturated rings. The van der Waals surface area contributed by atoms with Crippen LogP contribution in [0.5, 0.6) is 11.5 Å². The Kier molecular flexibility index (Phi) is 6.05. The minimum Gasteiger partial charge on any atom is -0.493 e. The second-order valence-corrected chi connectivity index (χ2v) is 5.88. The van der Waals surface area contributed by atoms with Crippen molar-refractivity contribution < 1.29 is 23.8 Å². The number of hydrogen-bond acceptors (Lipinski definition) is 7. The van der Waals surface area contributed by atoms with Crippen LogP contribution in [0.4, 0.5) is 0 Å². The van der Waals surface area contributed by atoms with Gasteiger partial charge in [0.1, 0.15) is 6.33 Å². The van der Waals surface area contributed by atoms with Crippen LogP contribution in [-0.2, 0) is 16.0 Å². The van der Waals surface area contributed by atoms with Crippen LogP contribution >= 0.6 is 0 Å². The summed E-state index contributed by atoms with van der Waals surface area (Å²) in [4.78, 5) is 24.0. The summed E-state index contributed by atoms with van der Waals surface area (Å²) in [5.41, 5.74) is 1.91. The monoisotopic (exact) mass is 384 g/mol. The SMILES string of the molecule is COc1ccc(CCNC(=O)COC(=O)c2ccc3nncn3c2)cc1OC. The third-order valence-electron chi connectivity index (χ3n) is 4.04. The number of nitrogens with one attached hydrogen (secondary N) is 1. The molecule has 146 valence electrons. The average molecular weight is 384 g/mol. The van der Waals surface area contributed by atoms with Crippen LogP contribution in [0, 0.1) is 0 Å². The zero-order valence-electron chi connectivity index (χ0n) is 15.5. The van der Waals surface area contributed by atoms with Crippen molar-refractivity contribution in [3.05, 3.63) is 54.0 Å². The lowest BCUT2D eigenvalue weighted by Gasteiger charge is -2.10. The Balaban J connectivity index is 1.44. The van der Waals surface area contributed by atoms with Crippen LogP contribution in [0.15, 0.2) is 42.9 Å². The quantitative estimate of drug-likeness (QED) is 0.583. The lowest BCUT2D eigenvalue weighted by molar-refractivity contribution is -0.124. The number of amides is 1. The summed E-state index contributed by atoms with van der Waals surface area (Å²) >= 11 is 0. The fourth-order valence-corrected chi connectivity index (χ4v) is 2.60. The molecule has 3 rings (SSSR count). The first-order valence-electron chi connectivity index (χ1n) is 8.55. The van der Waals surface area contributed by atoms with Gasteiger partial charge in [-0.1, -0.05) is 6.07 Å². The highest BCUT2D eigenvalue weighted by atomic mass is 16.5. The molecule has 0 saturated heterocycles. The topological polar surface area (TPSA) is 104 Å². The Morgan fingerprint density at radius 1 is 1.11 bits per heavy atom. The molecule has 0 saturated carbocycles. The van der Waals surface area contributed by atoms with E-state index in [2.05, 4.69) is 15.5 Å². The van der Waals surface area contributed by atoms with Gasteiger partial charge in [0.15, 0.2) is 23.8 Å². The number of pyridine rings is 1. The molecular formula is C19H20N4O5. The number of ether oxygens (including phenoxy) is 3. The van der Waals surface area contributed by atoms with Gasteiger partial charge in [-0.15, -0.1) is 10.2 Å². The molecule has 1 aromatic carbocycles. The van der Waals surface area contributed by atoms with Crippen LogP contribution in [0.1, 0.15) is 15.9 Å². The van der Waals surface area contributed by atoms with Gasteiger partial charge in [0.05, 0.1) is 19.8 Å². The lowest BCUT2D eigenvalue weighted by atomic mass is 10.1. The summed E-state index contributed by atoms with van der Waals surface area (Å²) in [5.74, 6) is 0.307. The zero-order chi connectivity index (χ0) is 19.9. The van der Waals surface area contributed by atoms with Crippen LogP contribution < -0.4 is 14.8 Å². The summed E-state index contributed by atoms with van der Waals surface area (Å²) in [7, 11) is 3.14. The van der Waals surface area contributed by atoms with Gasteiger partial charge in [0, 0.05) is 12.7 Å². The molecule has 0 aliphatic heterocycles. The lowest BCUT2D eigenvalue weighted by Crippen LogP contribution is -2.30. The Labute approximate surface area is 161 Å². The molecule has 1 N–H and O–H groups in total. The number of fused-ring (bicyclic) bond motifs is 1. The van der Waals surface area contributed by atoms with Crippen molar-refractivity contribution in [2.45, 2.75) is 6.42 Å². The summed E-state index contributed by atoms with van der Waals surface area (Å²) in [6.07, 6.45) is 3.63. The van der Waals surface area contributed by atoms with E-state index < -0.39 is 5.97 Å². The van der Waals surface area contributed by atoms with Crippen LogP contribution in [0.25, 0.3) is 5.65 Å². The number of hydrogen-bond donors (Lipinski definition) is 1. The van der Waals surface area contributed by atoms with E-state index >= 15 is 0 Å². The fourth-order valence-electron chi connectivity index (χ4n) is 2.60. The van der Waals surface area contributed by atoms with E-state index in [1.807, 2.05) is 18.2 Å². The number of methoxy groups -OCH3 is 2. The molecule has 0 radical (unpaired) electrons. The van der Waals surface area contributed by atoms with E-state index in [-0.39, 0.29) is 12.5 Å². The fraction of sp³-hybridized carbons (Fsp3) is 0.263. The highest BCUT2D eigenvalue weighted by Gasteiger charge is 2.11. The van der Waals surface area contributed by atoms with E-state index in [1.165, 1.54) is 6.33 Å². The molecule has 28 heavy (non-hydrogen) atoms. The zero-order valence-corrected chi connectivity index (χ0v) is 15.5. The minimum absolute atomic E-state index is 0.311. The predicted molar refractivity (Wildman–Crippen MR) is 99.5 cm³/mol. The molecule has 0 aliphatic rings. The third-order valence-corrected chi connectivity index (χ3v) is 4.04. The van der Waals surface area contributed by atoms with Crippen molar-refractivity contribution in [2.75, 3.05) is 27.4 Å². The molecule has 2 heterocycles. The summed E-state index contributed by atoms with van der Waals surface area (Å²) in [6, 6.07) is 8.78. The first-order valence-corrected chi connectivity index (χ1v) is 8.55. The molecular weight excluding hydrogens is 364 g/mol. The molecule has 0 unspecified atom stereocenters. The second kappa shape index (κ2) is 8.85. The molecule has 2 aromatic heterocycles. The summed E-state index contributed by atoms with van der Waals surface area (Å²) < 4.78 is 17.1. The van der Waals surface area contributed by atoms with Crippen LogP contribution in [0.3, 0.4) is 0 Å². The first kappa shape index (κ1) is 19.2. The maximum Gasteiger partial charge on any atom is 0.340 e. The van der Waals surface area contributed by atoms with Gasteiger partial charge in [-0.2, -0.15) is 0 Å². The predicted octanol–water partition coefficient (Wildman–Crippen LogP) is 1.26. The highest BCUT2D eigenvalue weighted by Crippen LogP contribution is 2.27. The van der Waals surface area contributed by atoms with E-state index in [1.54, 1.807) is 36.9 Å². The van der Waals surface area contributed by atoms with E-state index in [0.29, 0.717) is 35.7 Å². The van der Waals surface area contributed by atoms with E-state index in [4.69, 9.17) is 14.2 Å². The normalized spacial score (nSPS) is 10.5. The Morgan fingerprint density at radius 2 is 1.93 bits per heavy atom. The number of aromatic nitrogens is 3. The Bertz CT molecular complexity index is 985. The van der Waals surface area contributed by atoms with Crippen LogP contribution in [0.2, 0.25) is 0 Å². The standard InChI is InChI=1S/C19H20N4O5/c1-26-15-5-3-13(9-16(15)27-2)7-8-20-18(24)11-28-19(25)14-4-6-17-22-21-12-23(17)10-14/h3-6,9-10,12H,7-8,11H2,1-2H3,(H,20,24).